The third-order valence-electron chi connectivity index (χ3n) is 2.84. The van der Waals surface area contributed by atoms with Crippen molar-refractivity contribution in [3.8, 4) is 0 Å². The fraction of sp³-hybridized carbons (Fsp3) is 0.600. The monoisotopic (exact) mass is 284 g/mol. The van der Waals surface area contributed by atoms with Gasteiger partial charge >= 0.3 is 7.60 Å². The molecule has 0 aliphatic heterocycles. The Morgan fingerprint density at radius 1 is 1.00 bits per heavy atom. The van der Waals surface area contributed by atoms with Crippen molar-refractivity contribution in [2.24, 2.45) is 0 Å². The van der Waals surface area contributed by atoms with Gasteiger partial charge in [-0.25, -0.2) is 0 Å². The predicted octanol–water partition coefficient (Wildman–Crippen LogP) is 5.01. The maximum absolute atomic E-state index is 12.6. The number of benzene rings is 1. The van der Waals surface area contributed by atoms with Crippen LogP contribution < -0.4 is 0 Å². The lowest BCUT2D eigenvalue weighted by molar-refractivity contribution is 0.195. The number of hydrogen-bond acceptors (Lipinski definition) is 3. The molecule has 1 atom stereocenters. The highest BCUT2D eigenvalue weighted by Crippen LogP contribution is 2.49. The van der Waals surface area contributed by atoms with E-state index in [2.05, 4.69) is 13.8 Å². The smallest absolute Gasteiger partial charge is 0.309 e. The lowest BCUT2D eigenvalue weighted by atomic mass is 10.2. The van der Waals surface area contributed by atoms with Gasteiger partial charge in [-0.1, -0.05) is 57.0 Å². The lowest BCUT2D eigenvalue weighted by Crippen LogP contribution is -2.02. The third kappa shape index (κ3) is 6.91. The van der Waals surface area contributed by atoms with Crippen LogP contribution in [0.1, 0.15) is 45.1 Å². The topological polar surface area (TPSA) is 35.5 Å². The normalized spacial score (nSPS) is 14.2. The summed E-state index contributed by atoms with van der Waals surface area (Å²) in [7, 11) is -2.93. The van der Waals surface area contributed by atoms with Crippen molar-refractivity contribution < 1.29 is 13.6 Å². The van der Waals surface area contributed by atoms with Crippen molar-refractivity contribution in [2.45, 2.75) is 46.1 Å². The molecule has 0 heterocycles. The van der Waals surface area contributed by atoms with Crippen LogP contribution in [0.25, 0.3) is 0 Å². The molecule has 0 aliphatic rings. The van der Waals surface area contributed by atoms with Gasteiger partial charge in [-0.2, -0.15) is 0 Å². The van der Waals surface area contributed by atoms with E-state index in [0.717, 1.165) is 31.2 Å². The van der Waals surface area contributed by atoms with E-state index in [0.29, 0.717) is 19.4 Å². The highest BCUT2D eigenvalue weighted by Gasteiger charge is 2.23. The molecule has 4 heteroatoms. The maximum atomic E-state index is 12.6. The summed E-state index contributed by atoms with van der Waals surface area (Å²) in [5.74, 6) is 0. The Morgan fingerprint density at radius 2 is 1.68 bits per heavy atom. The zero-order chi connectivity index (χ0) is 14.0. The molecule has 0 aromatic heterocycles. The fourth-order valence-corrected chi connectivity index (χ4v) is 3.40. The second kappa shape index (κ2) is 9.30. The van der Waals surface area contributed by atoms with Crippen molar-refractivity contribution >= 4 is 7.60 Å². The number of hydrogen-bond donors (Lipinski definition) is 0. The van der Waals surface area contributed by atoms with Crippen molar-refractivity contribution in [3.05, 3.63) is 35.9 Å². The Hall–Kier alpha value is -0.630. The van der Waals surface area contributed by atoms with Crippen molar-refractivity contribution in [3.63, 3.8) is 0 Å². The molecule has 0 spiro atoms. The van der Waals surface area contributed by atoms with E-state index in [4.69, 9.17) is 9.05 Å². The average molecular weight is 284 g/mol. The summed E-state index contributed by atoms with van der Waals surface area (Å²) in [4.78, 5) is 0. The first kappa shape index (κ1) is 16.4. The predicted molar refractivity (Wildman–Crippen MR) is 79.5 cm³/mol. The largest absolute Gasteiger partial charge is 0.330 e. The first-order chi connectivity index (χ1) is 9.20. The van der Waals surface area contributed by atoms with Crippen LogP contribution in [0.2, 0.25) is 0 Å². The first-order valence-corrected chi connectivity index (χ1v) is 8.85. The molecule has 3 nitrogen and oxygen atoms in total. The van der Waals surface area contributed by atoms with E-state index in [1.807, 2.05) is 30.3 Å². The summed E-state index contributed by atoms with van der Waals surface area (Å²) >= 11 is 0. The summed E-state index contributed by atoms with van der Waals surface area (Å²) in [5.41, 5.74) is 1.03. The average Bonchev–Trinajstić information content (AvgIpc) is 2.45. The number of unbranched alkanes of at least 4 members (excludes halogenated alkanes) is 2. The van der Waals surface area contributed by atoms with Gasteiger partial charge in [-0.15, -0.1) is 0 Å². The Bertz CT molecular complexity index is 378. The van der Waals surface area contributed by atoms with E-state index in [-0.39, 0.29) is 0 Å². The van der Waals surface area contributed by atoms with Crippen LogP contribution in [0.15, 0.2) is 30.3 Å². The molecular formula is C15H25O3P. The molecule has 0 saturated carbocycles. The molecule has 0 bridgehead atoms. The van der Waals surface area contributed by atoms with Gasteiger partial charge in [0.15, 0.2) is 0 Å². The standard InChI is InChI=1S/C15H25O3P/c1-3-5-12-17-19(16,13-6-4-2)18-14-15-10-8-7-9-11-15/h7-11H,3-6,12-14H2,1-2H3. The quantitative estimate of drug-likeness (QED) is 0.447. The minimum absolute atomic E-state index is 0.355. The van der Waals surface area contributed by atoms with E-state index < -0.39 is 7.60 Å². The second-order valence-electron chi connectivity index (χ2n) is 4.63. The van der Waals surface area contributed by atoms with E-state index >= 15 is 0 Å². The van der Waals surface area contributed by atoms with Crippen LogP contribution >= 0.6 is 7.60 Å². The maximum Gasteiger partial charge on any atom is 0.330 e. The molecule has 0 radical (unpaired) electrons. The first-order valence-electron chi connectivity index (χ1n) is 7.12. The van der Waals surface area contributed by atoms with Gasteiger partial charge in [0, 0.05) is 0 Å². The van der Waals surface area contributed by atoms with Gasteiger partial charge in [0.2, 0.25) is 0 Å². The van der Waals surface area contributed by atoms with Crippen molar-refractivity contribution in [1.29, 1.82) is 0 Å². The Balaban J connectivity index is 2.50. The lowest BCUT2D eigenvalue weighted by Gasteiger charge is -2.18. The molecule has 108 valence electrons. The van der Waals surface area contributed by atoms with Crippen LogP contribution in [0, 0.1) is 0 Å². The van der Waals surface area contributed by atoms with Gasteiger partial charge in [0.1, 0.15) is 0 Å². The molecule has 0 fully saturated rings. The third-order valence-corrected chi connectivity index (χ3v) is 4.80. The van der Waals surface area contributed by atoms with Crippen LogP contribution in [0.5, 0.6) is 0 Å². The molecule has 1 rings (SSSR count). The minimum Gasteiger partial charge on any atom is -0.309 e. The zero-order valence-corrected chi connectivity index (χ0v) is 12.9. The van der Waals surface area contributed by atoms with Crippen molar-refractivity contribution in [1.82, 2.24) is 0 Å². The van der Waals surface area contributed by atoms with Gasteiger partial charge in [-0.05, 0) is 18.4 Å². The molecular weight excluding hydrogens is 259 g/mol. The Morgan fingerprint density at radius 3 is 2.32 bits per heavy atom. The van der Waals surface area contributed by atoms with Gasteiger partial charge in [0.05, 0.1) is 19.4 Å². The summed E-state index contributed by atoms with van der Waals surface area (Å²) in [6, 6.07) is 9.80. The molecule has 0 N–H and O–H groups in total. The van der Waals surface area contributed by atoms with E-state index in [9.17, 15) is 4.57 Å². The van der Waals surface area contributed by atoms with Gasteiger partial charge < -0.3 is 9.05 Å². The molecule has 0 saturated heterocycles. The molecule has 1 unspecified atom stereocenters. The molecule has 0 amide bonds. The summed E-state index contributed by atoms with van der Waals surface area (Å²) in [5, 5.41) is 0. The summed E-state index contributed by atoms with van der Waals surface area (Å²) in [6.45, 7) is 5.04. The highest BCUT2D eigenvalue weighted by molar-refractivity contribution is 7.53. The van der Waals surface area contributed by atoms with E-state index in [1.54, 1.807) is 0 Å². The fourth-order valence-electron chi connectivity index (χ4n) is 1.61. The van der Waals surface area contributed by atoms with Gasteiger partial charge in [-0.3, -0.25) is 4.57 Å². The van der Waals surface area contributed by atoms with Crippen molar-refractivity contribution in [2.75, 3.05) is 12.8 Å². The summed E-state index contributed by atoms with van der Waals surface area (Å²) < 4.78 is 23.7. The molecule has 1 aromatic carbocycles. The van der Waals surface area contributed by atoms with Crippen LogP contribution in [-0.4, -0.2) is 12.8 Å². The molecule has 1 aromatic rings. The van der Waals surface area contributed by atoms with E-state index in [1.165, 1.54) is 0 Å². The summed E-state index contributed by atoms with van der Waals surface area (Å²) in [6.07, 6.45) is 4.34. The Labute approximate surface area is 116 Å². The van der Waals surface area contributed by atoms with Crippen LogP contribution in [0.3, 0.4) is 0 Å². The highest BCUT2D eigenvalue weighted by atomic mass is 31.2. The minimum atomic E-state index is -2.93. The number of rotatable bonds is 10. The van der Waals surface area contributed by atoms with Crippen LogP contribution in [0.4, 0.5) is 0 Å². The van der Waals surface area contributed by atoms with Gasteiger partial charge in [0.25, 0.3) is 0 Å². The Kier molecular flexibility index (Phi) is 8.04. The second-order valence-corrected chi connectivity index (χ2v) is 6.82. The zero-order valence-electron chi connectivity index (χ0n) is 12.0. The molecule has 0 aliphatic carbocycles. The SMILES string of the molecule is CCCCOP(=O)(CCCC)OCc1ccccc1. The van der Waals surface area contributed by atoms with Crippen LogP contribution in [-0.2, 0) is 20.2 Å². The molecule has 19 heavy (non-hydrogen) atoms.